The second kappa shape index (κ2) is 4.92. The molecule has 0 saturated carbocycles. The highest BCUT2D eigenvalue weighted by atomic mass is 79.9. The van der Waals surface area contributed by atoms with Crippen molar-refractivity contribution in [3.63, 3.8) is 0 Å². The predicted octanol–water partition coefficient (Wildman–Crippen LogP) is 3.19. The van der Waals surface area contributed by atoms with Crippen molar-refractivity contribution in [1.29, 1.82) is 0 Å². The first kappa shape index (κ1) is 10.1. The Morgan fingerprint density at radius 3 is 2.85 bits per heavy atom. The van der Waals surface area contributed by atoms with Gasteiger partial charge in [0.1, 0.15) is 12.1 Å². The van der Waals surface area contributed by atoms with Crippen molar-refractivity contribution in [2.24, 2.45) is 0 Å². The number of hydrogen-bond donors (Lipinski definition) is 0. The first-order valence-electron chi connectivity index (χ1n) is 3.79. The molecule has 0 saturated heterocycles. The van der Waals surface area contributed by atoms with E-state index in [0.29, 0.717) is 10.9 Å². The van der Waals surface area contributed by atoms with E-state index in [0.717, 1.165) is 11.8 Å². The van der Waals surface area contributed by atoms with Gasteiger partial charge in [-0.05, 0) is 33.6 Å². The van der Waals surface area contributed by atoms with E-state index in [2.05, 4.69) is 15.9 Å². The van der Waals surface area contributed by atoms with E-state index in [1.165, 1.54) is 6.07 Å². The fraction of sp³-hybridized carbons (Fsp3) is 0.100. The Morgan fingerprint density at radius 1 is 1.46 bits per heavy atom. The average Bonchev–Trinajstić information content (AvgIpc) is 2.12. The van der Waals surface area contributed by atoms with E-state index in [9.17, 15) is 9.18 Å². The molecular formula is C10H8BrFO. The molecule has 0 heterocycles. The van der Waals surface area contributed by atoms with Gasteiger partial charge in [0.15, 0.2) is 0 Å². The molecule has 0 amide bonds. The van der Waals surface area contributed by atoms with Gasteiger partial charge < -0.3 is 4.79 Å². The molecule has 1 rings (SSSR count). The van der Waals surface area contributed by atoms with Gasteiger partial charge in [0, 0.05) is 6.42 Å². The Bertz CT molecular complexity index is 334. The number of carbonyl (C=O) groups is 1. The molecule has 0 atom stereocenters. The van der Waals surface area contributed by atoms with Crippen LogP contribution in [0, 0.1) is 5.82 Å². The number of carbonyl (C=O) groups excluding carboxylic acids is 1. The quantitative estimate of drug-likeness (QED) is 0.745. The summed E-state index contributed by atoms with van der Waals surface area (Å²) in [5, 5.41) is 0. The molecule has 0 radical (unpaired) electrons. The number of rotatable bonds is 3. The molecule has 0 bridgehead atoms. The normalized spacial score (nSPS) is 10.6. The van der Waals surface area contributed by atoms with Gasteiger partial charge in [0.25, 0.3) is 0 Å². The third kappa shape index (κ3) is 3.11. The highest BCUT2D eigenvalue weighted by Gasteiger charge is 1.97. The highest BCUT2D eigenvalue weighted by Crippen LogP contribution is 2.17. The Kier molecular flexibility index (Phi) is 3.83. The van der Waals surface area contributed by atoms with Crippen molar-refractivity contribution < 1.29 is 9.18 Å². The molecule has 0 aliphatic carbocycles. The van der Waals surface area contributed by atoms with Crippen molar-refractivity contribution in [1.82, 2.24) is 0 Å². The van der Waals surface area contributed by atoms with Crippen LogP contribution in [0.15, 0.2) is 28.7 Å². The third-order valence-electron chi connectivity index (χ3n) is 1.49. The first-order chi connectivity index (χ1) is 6.24. The average molecular weight is 243 g/mol. The lowest BCUT2D eigenvalue weighted by atomic mass is 10.2. The summed E-state index contributed by atoms with van der Waals surface area (Å²) >= 11 is 3.06. The van der Waals surface area contributed by atoms with Crippen LogP contribution in [-0.4, -0.2) is 6.29 Å². The van der Waals surface area contributed by atoms with Gasteiger partial charge in [-0.1, -0.05) is 18.2 Å². The summed E-state index contributed by atoms with van der Waals surface area (Å²) in [5.41, 5.74) is 0.752. The number of hydrogen-bond acceptors (Lipinski definition) is 1. The summed E-state index contributed by atoms with van der Waals surface area (Å²) in [6.45, 7) is 0. The minimum atomic E-state index is -0.298. The fourth-order valence-corrected chi connectivity index (χ4v) is 1.12. The van der Waals surface area contributed by atoms with Crippen LogP contribution in [0.5, 0.6) is 0 Å². The minimum Gasteiger partial charge on any atom is -0.303 e. The number of aldehydes is 1. The van der Waals surface area contributed by atoms with Crippen LogP contribution in [0.25, 0.3) is 6.08 Å². The minimum absolute atomic E-state index is 0.298. The van der Waals surface area contributed by atoms with Crippen LogP contribution in [0.2, 0.25) is 0 Å². The van der Waals surface area contributed by atoms with Crippen molar-refractivity contribution in [2.45, 2.75) is 6.42 Å². The lowest BCUT2D eigenvalue weighted by Crippen LogP contribution is -1.79. The molecule has 1 aromatic carbocycles. The zero-order valence-corrected chi connectivity index (χ0v) is 8.42. The third-order valence-corrected chi connectivity index (χ3v) is 2.13. The van der Waals surface area contributed by atoms with Crippen LogP contribution in [-0.2, 0) is 4.79 Å². The standard InChI is InChI=1S/C10H8BrFO/c11-9-5-4-8(7-10(9)12)3-1-2-6-13/h1,3-7H,2H2. The van der Waals surface area contributed by atoms with Crippen molar-refractivity contribution >= 4 is 28.3 Å². The van der Waals surface area contributed by atoms with Crippen LogP contribution in [0.1, 0.15) is 12.0 Å². The molecule has 1 nitrogen and oxygen atoms in total. The van der Waals surface area contributed by atoms with E-state index in [1.54, 1.807) is 24.3 Å². The lowest BCUT2D eigenvalue weighted by Gasteiger charge is -1.95. The molecule has 68 valence electrons. The van der Waals surface area contributed by atoms with Gasteiger partial charge in [-0.2, -0.15) is 0 Å². The lowest BCUT2D eigenvalue weighted by molar-refractivity contribution is -0.107. The highest BCUT2D eigenvalue weighted by molar-refractivity contribution is 9.10. The summed E-state index contributed by atoms with van der Waals surface area (Å²) in [6.07, 6.45) is 4.56. The fourth-order valence-electron chi connectivity index (χ4n) is 0.876. The Hall–Kier alpha value is -0.960. The van der Waals surface area contributed by atoms with Crippen molar-refractivity contribution in [3.8, 4) is 0 Å². The summed E-state index contributed by atoms with van der Waals surface area (Å²) in [6, 6.07) is 4.82. The van der Waals surface area contributed by atoms with E-state index in [4.69, 9.17) is 0 Å². The zero-order valence-electron chi connectivity index (χ0n) is 6.84. The first-order valence-corrected chi connectivity index (χ1v) is 4.58. The molecule has 3 heteroatoms. The molecule has 0 aliphatic rings. The van der Waals surface area contributed by atoms with E-state index in [-0.39, 0.29) is 5.82 Å². The summed E-state index contributed by atoms with van der Waals surface area (Å²) in [5.74, 6) is -0.298. The van der Waals surface area contributed by atoms with E-state index < -0.39 is 0 Å². The number of allylic oxidation sites excluding steroid dienone is 1. The summed E-state index contributed by atoms with van der Waals surface area (Å²) in [7, 11) is 0. The van der Waals surface area contributed by atoms with Crippen LogP contribution < -0.4 is 0 Å². The van der Waals surface area contributed by atoms with E-state index in [1.807, 2.05) is 0 Å². The number of benzene rings is 1. The molecule has 1 aromatic rings. The Balaban J connectivity index is 2.79. The Labute approximate surface area is 84.4 Å². The maximum absolute atomic E-state index is 12.9. The molecule has 0 aromatic heterocycles. The molecule has 0 fully saturated rings. The molecule has 0 unspecified atom stereocenters. The van der Waals surface area contributed by atoms with Crippen LogP contribution in [0.4, 0.5) is 4.39 Å². The van der Waals surface area contributed by atoms with Gasteiger partial charge in [-0.25, -0.2) is 4.39 Å². The van der Waals surface area contributed by atoms with Gasteiger partial charge in [-0.3, -0.25) is 0 Å². The van der Waals surface area contributed by atoms with Gasteiger partial charge >= 0.3 is 0 Å². The molecular weight excluding hydrogens is 235 g/mol. The SMILES string of the molecule is O=CCC=Cc1ccc(Br)c(F)c1. The zero-order chi connectivity index (χ0) is 9.68. The van der Waals surface area contributed by atoms with Gasteiger partial charge in [-0.15, -0.1) is 0 Å². The Morgan fingerprint density at radius 2 is 2.23 bits per heavy atom. The maximum atomic E-state index is 12.9. The molecule has 0 spiro atoms. The van der Waals surface area contributed by atoms with Crippen LogP contribution >= 0.6 is 15.9 Å². The maximum Gasteiger partial charge on any atom is 0.137 e. The molecule has 13 heavy (non-hydrogen) atoms. The van der Waals surface area contributed by atoms with Crippen molar-refractivity contribution in [3.05, 3.63) is 40.1 Å². The molecule has 0 aliphatic heterocycles. The topological polar surface area (TPSA) is 17.1 Å². The summed E-state index contributed by atoms with van der Waals surface area (Å²) in [4.78, 5) is 9.98. The van der Waals surface area contributed by atoms with E-state index >= 15 is 0 Å². The van der Waals surface area contributed by atoms with Crippen molar-refractivity contribution in [2.75, 3.05) is 0 Å². The number of halogens is 2. The summed E-state index contributed by atoms with van der Waals surface area (Å²) < 4.78 is 13.4. The smallest absolute Gasteiger partial charge is 0.137 e. The van der Waals surface area contributed by atoms with Gasteiger partial charge in [0.05, 0.1) is 4.47 Å². The second-order valence-corrected chi connectivity index (χ2v) is 3.33. The van der Waals surface area contributed by atoms with Crippen LogP contribution in [0.3, 0.4) is 0 Å². The predicted molar refractivity (Wildman–Crippen MR) is 53.8 cm³/mol. The largest absolute Gasteiger partial charge is 0.303 e. The monoisotopic (exact) mass is 242 g/mol. The van der Waals surface area contributed by atoms with Gasteiger partial charge in [0.2, 0.25) is 0 Å². The molecule has 0 N–H and O–H groups in total. The second-order valence-electron chi connectivity index (χ2n) is 2.48.